The van der Waals surface area contributed by atoms with E-state index in [9.17, 15) is 0 Å². The van der Waals surface area contributed by atoms with E-state index in [-0.39, 0.29) is 0 Å². The van der Waals surface area contributed by atoms with Crippen LogP contribution in [0.15, 0.2) is 5.03 Å². The Bertz CT molecular complexity index is 276. The summed E-state index contributed by atoms with van der Waals surface area (Å²) in [6.45, 7) is 6.55. The van der Waals surface area contributed by atoms with Gasteiger partial charge in [-0.1, -0.05) is 13.8 Å². The van der Waals surface area contributed by atoms with Crippen molar-refractivity contribution in [2.24, 2.45) is 7.05 Å². The summed E-state index contributed by atoms with van der Waals surface area (Å²) in [7, 11) is 2.00. The van der Waals surface area contributed by atoms with Crippen LogP contribution in [0.2, 0.25) is 0 Å². The molecule has 0 spiro atoms. The molecule has 1 rings (SSSR count). The zero-order chi connectivity index (χ0) is 9.30. The van der Waals surface area contributed by atoms with Gasteiger partial charge in [0.2, 0.25) is 0 Å². The van der Waals surface area contributed by atoms with Gasteiger partial charge >= 0.3 is 0 Å². The zero-order valence-electron chi connectivity index (χ0n) is 8.38. The van der Waals surface area contributed by atoms with Crippen molar-refractivity contribution in [3.63, 3.8) is 0 Å². The first-order valence-electron chi connectivity index (χ1n) is 4.15. The van der Waals surface area contributed by atoms with Crippen LogP contribution >= 0.6 is 11.8 Å². The van der Waals surface area contributed by atoms with Crippen molar-refractivity contribution in [3.8, 4) is 0 Å². The summed E-state index contributed by atoms with van der Waals surface area (Å²) in [4.78, 5) is 0. The molecule has 12 heavy (non-hydrogen) atoms. The second kappa shape index (κ2) is 3.52. The molecule has 3 heteroatoms. The zero-order valence-corrected chi connectivity index (χ0v) is 9.20. The molecule has 0 N–H and O–H groups in total. The topological polar surface area (TPSA) is 17.8 Å². The third kappa shape index (κ3) is 1.51. The van der Waals surface area contributed by atoms with Crippen LogP contribution in [0.3, 0.4) is 0 Å². The molecule has 1 heterocycles. The van der Waals surface area contributed by atoms with Crippen molar-refractivity contribution in [3.05, 3.63) is 11.3 Å². The highest BCUT2D eigenvalue weighted by atomic mass is 32.2. The number of nitrogens with zero attached hydrogens (tertiary/aromatic N) is 2. The molecule has 0 radical (unpaired) electrons. The molecule has 0 unspecified atom stereocenters. The number of hydrogen-bond acceptors (Lipinski definition) is 2. The first-order valence-corrected chi connectivity index (χ1v) is 5.37. The summed E-state index contributed by atoms with van der Waals surface area (Å²) in [5.74, 6) is 0.571. The van der Waals surface area contributed by atoms with E-state index in [4.69, 9.17) is 0 Å². The minimum absolute atomic E-state index is 0.571. The second-order valence-corrected chi connectivity index (χ2v) is 4.08. The number of hydrogen-bond donors (Lipinski definition) is 0. The van der Waals surface area contributed by atoms with Crippen molar-refractivity contribution < 1.29 is 0 Å². The normalized spacial score (nSPS) is 11.2. The minimum atomic E-state index is 0.571. The van der Waals surface area contributed by atoms with E-state index in [1.54, 1.807) is 11.8 Å². The summed E-state index contributed by atoms with van der Waals surface area (Å²) in [5.41, 5.74) is 2.68. The average molecular weight is 184 g/mol. The maximum Gasteiger partial charge on any atom is 0.122 e. The van der Waals surface area contributed by atoms with Crippen molar-refractivity contribution in [1.29, 1.82) is 0 Å². The van der Waals surface area contributed by atoms with Gasteiger partial charge in [-0.05, 0) is 19.1 Å². The molecule has 0 aromatic carbocycles. The molecule has 0 saturated heterocycles. The Morgan fingerprint density at radius 1 is 1.42 bits per heavy atom. The van der Waals surface area contributed by atoms with Gasteiger partial charge in [0.05, 0.1) is 0 Å². The molecular weight excluding hydrogens is 168 g/mol. The molecule has 1 aromatic rings. The summed E-state index contributed by atoms with van der Waals surface area (Å²) >= 11 is 1.73. The average Bonchev–Trinajstić information content (AvgIpc) is 2.28. The first-order chi connectivity index (χ1) is 5.57. The van der Waals surface area contributed by atoms with Crippen LogP contribution in [0.1, 0.15) is 31.0 Å². The van der Waals surface area contributed by atoms with E-state index in [0.717, 1.165) is 0 Å². The van der Waals surface area contributed by atoms with Crippen LogP contribution in [0.4, 0.5) is 0 Å². The van der Waals surface area contributed by atoms with Crippen LogP contribution in [0.25, 0.3) is 0 Å². The maximum absolute atomic E-state index is 4.43. The van der Waals surface area contributed by atoms with E-state index in [1.165, 1.54) is 16.3 Å². The molecule has 0 amide bonds. The lowest BCUT2D eigenvalue weighted by molar-refractivity contribution is 0.716. The second-order valence-electron chi connectivity index (χ2n) is 3.29. The summed E-state index contributed by atoms with van der Waals surface area (Å²) in [6.07, 6.45) is 2.08. The van der Waals surface area contributed by atoms with Crippen molar-refractivity contribution >= 4 is 11.8 Å². The van der Waals surface area contributed by atoms with Crippen LogP contribution in [0, 0.1) is 6.92 Å². The number of thioether (sulfide) groups is 1. The van der Waals surface area contributed by atoms with E-state index in [0.29, 0.717) is 5.92 Å². The first kappa shape index (κ1) is 9.65. The van der Waals surface area contributed by atoms with Crippen LogP contribution in [0.5, 0.6) is 0 Å². The van der Waals surface area contributed by atoms with E-state index >= 15 is 0 Å². The Balaban J connectivity index is 3.21. The molecule has 0 aliphatic heterocycles. The number of rotatable bonds is 2. The summed E-state index contributed by atoms with van der Waals surface area (Å²) in [5, 5.41) is 5.60. The number of aryl methyl sites for hydroxylation is 1. The largest absolute Gasteiger partial charge is 0.272 e. The highest BCUT2D eigenvalue weighted by molar-refractivity contribution is 7.98. The quantitative estimate of drug-likeness (QED) is 0.657. The SMILES string of the molecule is CSc1nn(C)c(C)c1C(C)C. The Labute approximate surface area is 78.4 Å². The highest BCUT2D eigenvalue weighted by Crippen LogP contribution is 2.28. The lowest BCUT2D eigenvalue weighted by Crippen LogP contribution is -1.94. The molecular formula is C9H16N2S. The molecule has 0 bridgehead atoms. The molecule has 0 atom stereocenters. The van der Waals surface area contributed by atoms with Gasteiger partial charge in [-0.25, -0.2) is 0 Å². The fourth-order valence-corrected chi connectivity index (χ4v) is 2.22. The van der Waals surface area contributed by atoms with Gasteiger partial charge in [-0.3, -0.25) is 4.68 Å². The maximum atomic E-state index is 4.43. The van der Waals surface area contributed by atoms with Gasteiger partial charge in [0, 0.05) is 18.3 Å². The molecule has 2 nitrogen and oxygen atoms in total. The van der Waals surface area contributed by atoms with Crippen LogP contribution < -0.4 is 0 Å². The molecule has 0 fully saturated rings. The Morgan fingerprint density at radius 3 is 2.33 bits per heavy atom. The van der Waals surface area contributed by atoms with Crippen molar-refractivity contribution in [2.75, 3.05) is 6.26 Å². The van der Waals surface area contributed by atoms with E-state index in [2.05, 4.69) is 32.1 Å². The van der Waals surface area contributed by atoms with Gasteiger partial charge in [-0.15, -0.1) is 11.8 Å². The van der Waals surface area contributed by atoms with Gasteiger partial charge in [-0.2, -0.15) is 5.10 Å². The number of aromatic nitrogens is 2. The standard InChI is InChI=1S/C9H16N2S/c1-6(2)8-7(3)11(4)10-9(8)12-5/h6H,1-5H3. The Hall–Kier alpha value is -0.440. The molecule has 1 aromatic heterocycles. The third-order valence-electron chi connectivity index (χ3n) is 2.12. The molecule has 68 valence electrons. The van der Waals surface area contributed by atoms with E-state index in [1.807, 2.05) is 11.7 Å². The fourth-order valence-electron chi connectivity index (χ4n) is 1.41. The molecule has 0 aliphatic carbocycles. The third-order valence-corrected chi connectivity index (χ3v) is 2.81. The lowest BCUT2D eigenvalue weighted by atomic mass is 10.1. The minimum Gasteiger partial charge on any atom is -0.272 e. The Kier molecular flexibility index (Phi) is 2.83. The van der Waals surface area contributed by atoms with Crippen LogP contribution in [-0.2, 0) is 7.05 Å². The Morgan fingerprint density at radius 2 is 2.00 bits per heavy atom. The molecule has 0 aliphatic rings. The fraction of sp³-hybridized carbons (Fsp3) is 0.667. The predicted octanol–water partition coefficient (Wildman–Crippen LogP) is 2.57. The summed E-state index contributed by atoms with van der Waals surface area (Å²) in [6, 6.07) is 0. The summed E-state index contributed by atoms with van der Waals surface area (Å²) < 4.78 is 1.96. The highest BCUT2D eigenvalue weighted by Gasteiger charge is 2.14. The lowest BCUT2D eigenvalue weighted by Gasteiger charge is -2.04. The van der Waals surface area contributed by atoms with Gasteiger partial charge in [0.15, 0.2) is 0 Å². The van der Waals surface area contributed by atoms with Crippen molar-refractivity contribution in [2.45, 2.75) is 31.7 Å². The van der Waals surface area contributed by atoms with E-state index < -0.39 is 0 Å². The van der Waals surface area contributed by atoms with Gasteiger partial charge in [0.1, 0.15) is 5.03 Å². The van der Waals surface area contributed by atoms with Gasteiger partial charge in [0.25, 0.3) is 0 Å². The predicted molar refractivity (Wildman–Crippen MR) is 53.8 cm³/mol. The van der Waals surface area contributed by atoms with Crippen molar-refractivity contribution in [1.82, 2.24) is 9.78 Å². The van der Waals surface area contributed by atoms with Crippen LogP contribution in [-0.4, -0.2) is 16.0 Å². The smallest absolute Gasteiger partial charge is 0.122 e. The monoisotopic (exact) mass is 184 g/mol. The van der Waals surface area contributed by atoms with Gasteiger partial charge < -0.3 is 0 Å². The molecule has 0 saturated carbocycles.